The van der Waals surface area contributed by atoms with E-state index in [4.69, 9.17) is 15.2 Å². The van der Waals surface area contributed by atoms with Crippen LogP contribution in [-0.2, 0) is 38.6 Å². The highest BCUT2D eigenvalue weighted by atomic mass is 16.5. The van der Waals surface area contributed by atoms with E-state index in [0.717, 1.165) is 16.7 Å². The third-order valence-corrected chi connectivity index (χ3v) is 4.80. The monoisotopic (exact) mass is 446 g/mol. The molecule has 0 aliphatic carbocycles. The molecule has 0 spiro atoms. The zero-order valence-corrected chi connectivity index (χ0v) is 18.1. The first-order valence-corrected chi connectivity index (χ1v) is 10.5. The van der Waals surface area contributed by atoms with Gasteiger partial charge in [0, 0.05) is 6.42 Å². The minimum Gasteiger partial charge on any atom is -0.484 e. The number of ether oxygens (including phenoxy) is 2. The van der Waals surface area contributed by atoms with Crippen LogP contribution in [0.1, 0.15) is 16.7 Å². The predicted molar refractivity (Wildman–Crippen MR) is 123 cm³/mol. The van der Waals surface area contributed by atoms with E-state index in [1.165, 1.54) is 0 Å². The average Bonchev–Trinajstić information content (AvgIpc) is 2.82. The summed E-state index contributed by atoms with van der Waals surface area (Å²) < 4.78 is 10.7. The fraction of sp³-hybridized carbons (Fsp3) is 0.192. The van der Waals surface area contributed by atoms with Gasteiger partial charge in [0.05, 0.1) is 6.42 Å². The van der Waals surface area contributed by atoms with E-state index in [1.54, 1.807) is 24.3 Å². The van der Waals surface area contributed by atoms with Crippen molar-refractivity contribution in [3.63, 3.8) is 0 Å². The second kappa shape index (κ2) is 12.0. The summed E-state index contributed by atoms with van der Waals surface area (Å²) in [6, 6.07) is 24.7. The second-order valence-electron chi connectivity index (χ2n) is 7.48. The van der Waals surface area contributed by atoms with Crippen LogP contribution in [0.5, 0.6) is 5.75 Å². The summed E-state index contributed by atoms with van der Waals surface area (Å²) in [6.45, 7) is -0.174. The van der Waals surface area contributed by atoms with Crippen LogP contribution in [0.4, 0.5) is 0 Å². The predicted octanol–water partition coefficient (Wildman–Crippen LogP) is 2.56. The Morgan fingerprint density at radius 2 is 1.39 bits per heavy atom. The molecule has 1 atom stereocenters. The maximum Gasteiger partial charge on any atom is 0.329 e. The molecule has 0 radical (unpaired) electrons. The van der Waals surface area contributed by atoms with Crippen LogP contribution < -0.4 is 15.8 Å². The molecular formula is C26H26N2O5. The summed E-state index contributed by atoms with van der Waals surface area (Å²) in [6.07, 6.45) is 0.492. The number of amides is 2. The number of benzene rings is 3. The maximum atomic E-state index is 12.8. The Morgan fingerprint density at radius 3 is 2.00 bits per heavy atom. The van der Waals surface area contributed by atoms with Gasteiger partial charge in [-0.15, -0.1) is 0 Å². The van der Waals surface area contributed by atoms with Crippen molar-refractivity contribution in [2.24, 2.45) is 5.73 Å². The fourth-order valence-corrected chi connectivity index (χ4v) is 3.16. The van der Waals surface area contributed by atoms with Crippen LogP contribution in [0, 0.1) is 0 Å². The van der Waals surface area contributed by atoms with Gasteiger partial charge < -0.3 is 20.5 Å². The summed E-state index contributed by atoms with van der Waals surface area (Å²) >= 11 is 0. The van der Waals surface area contributed by atoms with Crippen LogP contribution in [0.15, 0.2) is 84.9 Å². The van der Waals surface area contributed by atoms with Gasteiger partial charge in [-0.2, -0.15) is 0 Å². The smallest absolute Gasteiger partial charge is 0.329 e. The molecule has 0 aromatic heterocycles. The highest BCUT2D eigenvalue weighted by Gasteiger charge is 2.23. The van der Waals surface area contributed by atoms with Crippen molar-refractivity contribution >= 4 is 17.8 Å². The largest absolute Gasteiger partial charge is 0.484 e. The van der Waals surface area contributed by atoms with E-state index in [-0.39, 0.29) is 25.5 Å². The number of rotatable bonds is 11. The van der Waals surface area contributed by atoms with Crippen molar-refractivity contribution in [1.29, 1.82) is 0 Å². The first-order valence-electron chi connectivity index (χ1n) is 10.5. The Labute approximate surface area is 192 Å². The molecule has 0 aliphatic rings. The Hall–Kier alpha value is -4.13. The maximum absolute atomic E-state index is 12.8. The number of nitrogens with two attached hydrogens (primary N) is 1. The first kappa shape index (κ1) is 23.5. The van der Waals surface area contributed by atoms with Crippen molar-refractivity contribution in [1.82, 2.24) is 5.32 Å². The van der Waals surface area contributed by atoms with Gasteiger partial charge in [0.1, 0.15) is 18.4 Å². The van der Waals surface area contributed by atoms with Crippen molar-refractivity contribution in [2.75, 3.05) is 6.61 Å². The summed E-state index contributed by atoms with van der Waals surface area (Å²) in [5, 5.41) is 2.81. The molecule has 0 bridgehead atoms. The molecule has 0 heterocycles. The van der Waals surface area contributed by atoms with Crippen LogP contribution in [0.2, 0.25) is 0 Å². The Bertz CT molecular complexity index is 1050. The van der Waals surface area contributed by atoms with E-state index in [1.807, 2.05) is 60.7 Å². The van der Waals surface area contributed by atoms with Crippen LogP contribution in [-0.4, -0.2) is 30.4 Å². The zero-order chi connectivity index (χ0) is 23.5. The molecule has 3 N–H and O–H groups in total. The summed E-state index contributed by atoms with van der Waals surface area (Å²) in [5.41, 5.74) is 7.57. The highest BCUT2D eigenvalue weighted by molar-refractivity contribution is 5.85. The minimum atomic E-state index is -0.818. The molecule has 0 saturated heterocycles. The molecule has 3 aromatic rings. The van der Waals surface area contributed by atoms with Crippen LogP contribution in [0.3, 0.4) is 0 Å². The summed E-state index contributed by atoms with van der Waals surface area (Å²) in [5.74, 6) is -0.852. The zero-order valence-electron chi connectivity index (χ0n) is 18.1. The van der Waals surface area contributed by atoms with Gasteiger partial charge in [-0.25, -0.2) is 4.79 Å². The Balaban J connectivity index is 1.60. The van der Waals surface area contributed by atoms with Crippen LogP contribution >= 0.6 is 0 Å². The molecule has 0 fully saturated rings. The number of carbonyl (C=O) groups is 3. The van der Waals surface area contributed by atoms with Gasteiger partial charge in [0.2, 0.25) is 5.91 Å². The standard InChI is InChI=1S/C26H26N2O5/c27-24(29)18-32-22-13-11-21(12-14-22)17-33-26(31)23(15-19-7-3-1-4-8-19)28-25(30)16-20-9-5-2-6-10-20/h1-14,23H,15-18H2,(H2,27,29)(H,28,30)/t23-/m0/s1. The molecule has 0 saturated carbocycles. The molecule has 33 heavy (non-hydrogen) atoms. The molecule has 3 aromatic carbocycles. The van der Waals surface area contributed by atoms with E-state index in [9.17, 15) is 14.4 Å². The van der Waals surface area contributed by atoms with Crippen LogP contribution in [0.25, 0.3) is 0 Å². The lowest BCUT2D eigenvalue weighted by Crippen LogP contribution is -2.44. The quantitative estimate of drug-likeness (QED) is 0.440. The molecule has 7 nitrogen and oxygen atoms in total. The highest BCUT2D eigenvalue weighted by Crippen LogP contribution is 2.14. The molecule has 7 heteroatoms. The molecule has 2 amide bonds. The lowest BCUT2D eigenvalue weighted by Gasteiger charge is -2.18. The van der Waals surface area contributed by atoms with E-state index >= 15 is 0 Å². The van der Waals surface area contributed by atoms with E-state index in [2.05, 4.69) is 5.32 Å². The summed E-state index contributed by atoms with van der Waals surface area (Å²) in [4.78, 5) is 36.2. The van der Waals surface area contributed by atoms with Crippen molar-refractivity contribution in [2.45, 2.75) is 25.5 Å². The van der Waals surface area contributed by atoms with Gasteiger partial charge in [-0.05, 0) is 28.8 Å². The molecule has 0 unspecified atom stereocenters. The van der Waals surface area contributed by atoms with Gasteiger partial charge in [-0.1, -0.05) is 72.8 Å². The summed E-state index contributed by atoms with van der Waals surface area (Å²) in [7, 11) is 0. The lowest BCUT2D eigenvalue weighted by atomic mass is 10.1. The first-order chi connectivity index (χ1) is 16.0. The van der Waals surface area contributed by atoms with E-state index in [0.29, 0.717) is 12.2 Å². The minimum absolute atomic E-state index is 0.0365. The lowest BCUT2D eigenvalue weighted by molar-refractivity contribution is -0.149. The second-order valence-corrected chi connectivity index (χ2v) is 7.48. The number of hydrogen-bond donors (Lipinski definition) is 2. The van der Waals surface area contributed by atoms with Crippen molar-refractivity contribution < 1.29 is 23.9 Å². The molecular weight excluding hydrogens is 420 g/mol. The number of primary amides is 1. The van der Waals surface area contributed by atoms with Gasteiger partial charge in [0.15, 0.2) is 6.61 Å². The fourth-order valence-electron chi connectivity index (χ4n) is 3.16. The number of nitrogens with one attached hydrogen (secondary N) is 1. The number of carbonyl (C=O) groups excluding carboxylic acids is 3. The topological polar surface area (TPSA) is 108 Å². The van der Waals surface area contributed by atoms with Crippen molar-refractivity contribution in [3.8, 4) is 5.75 Å². The number of hydrogen-bond acceptors (Lipinski definition) is 5. The van der Waals surface area contributed by atoms with Gasteiger partial charge in [-0.3, -0.25) is 9.59 Å². The number of esters is 1. The molecule has 0 aliphatic heterocycles. The Morgan fingerprint density at radius 1 is 0.788 bits per heavy atom. The van der Waals surface area contributed by atoms with Gasteiger partial charge >= 0.3 is 5.97 Å². The van der Waals surface area contributed by atoms with E-state index < -0.39 is 17.9 Å². The van der Waals surface area contributed by atoms with Gasteiger partial charge in [0.25, 0.3) is 5.91 Å². The third kappa shape index (κ3) is 8.14. The molecule has 3 rings (SSSR count). The normalized spacial score (nSPS) is 11.3. The third-order valence-electron chi connectivity index (χ3n) is 4.80. The SMILES string of the molecule is NC(=O)COc1ccc(COC(=O)[C@H](Cc2ccccc2)NC(=O)Cc2ccccc2)cc1. The van der Waals surface area contributed by atoms with Crippen molar-refractivity contribution in [3.05, 3.63) is 102 Å². The molecule has 170 valence electrons. The average molecular weight is 447 g/mol. The Kier molecular flexibility index (Phi) is 8.59.